The van der Waals surface area contributed by atoms with E-state index < -0.39 is 6.17 Å². The number of carbonyl (C=O) groups is 1. The third kappa shape index (κ3) is 2.93. The van der Waals surface area contributed by atoms with E-state index in [9.17, 15) is 4.79 Å². The molecule has 0 aliphatic carbocycles. The number of nitrogens with one attached hydrogen (secondary N) is 2. The van der Waals surface area contributed by atoms with E-state index in [0.717, 1.165) is 32.7 Å². The Labute approximate surface area is 164 Å². The normalized spacial score (nSPS) is 16.3. The van der Waals surface area contributed by atoms with Crippen molar-refractivity contribution in [3.63, 3.8) is 0 Å². The molecule has 1 aliphatic rings. The van der Waals surface area contributed by atoms with Crippen molar-refractivity contribution in [2.45, 2.75) is 19.7 Å². The molecule has 5 nitrogen and oxygen atoms in total. The fraction of sp³-hybridized carbons (Fsp3) is 0.222. The number of aryl methyl sites for hydroxylation is 1. The Kier molecular flexibility index (Phi) is 4.52. The van der Waals surface area contributed by atoms with E-state index in [-0.39, 0.29) is 5.91 Å². The zero-order chi connectivity index (χ0) is 18.4. The van der Waals surface area contributed by atoms with Gasteiger partial charge in [-0.3, -0.25) is 4.79 Å². The van der Waals surface area contributed by atoms with Gasteiger partial charge in [-0.1, -0.05) is 29.3 Å². The lowest BCUT2D eigenvalue weighted by atomic mass is 10.1. The van der Waals surface area contributed by atoms with Gasteiger partial charge in [0.05, 0.1) is 22.3 Å². The SMILES string of the molecule is COCc1cc(C)nc2sc3c(c12)N[C@H](c1ccc(Cl)c(Cl)c1)NC3=O. The zero-order valence-corrected chi connectivity index (χ0v) is 16.4. The molecule has 0 unspecified atom stereocenters. The van der Waals surface area contributed by atoms with Gasteiger partial charge >= 0.3 is 0 Å². The van der Waals surface area contributed by atoms with Crippen LogP contribution >= 0.6 is 34.5 Å². The summed E-state index contributed by atoms with van der Waals surface area (Å²) >= 11 is 13.5. The second-order valence-corrected chi connectivity index (χ2v) is 7.88. The number of pyridine rings is 1. The molecule has 4 rings (SSSR count). The number of hydrogen-bond acceptors (Lipinski definition) is 5. The van der Waals surface area contributed by atoms with E-state index in [2.05, 4.69) is 15.6 Å². The Bertz CT molecular complexity index is 1030. The number of benzene rings is 1. The average Bonchev–Trinajstić information content (AvgIpc) is 2.96. The molecule has 1 atom stereocenters. The van der Waals surface area contributed by atoms with Crippen LogP contribution in [0.4, 0.5) is 5.69 Å². The summed E-state index contributed by atoms with van der Waals surface area (Å²) in [5.41, 5.74) is 3.50. The van der Waals surface area contributed by atoms with Crippen molar-refractivity contribution in [3.05, 3.63) is 56.0 Å². The summed E-state index contributed by atoms with van der Waals surface area (Å²) in [5.74, 6) is -0.140. The maximum absolute atomic E-state index is 12.7. The van der Waals surface area contributed by atoms with Crippen LogP contribution in [0, 0.1) is 6.92 Å². The number of carbonyl (C=O) groups excluding carboxylic acids is 1. The summed E-state index contributed by atoms with van der Waals surface area (Å²) in [4.78, 5) is 18.7. The highest BCUT2D eigenvalue weighted by Gasteiger charge is 2.30. The molecular formula is C18H15Cl2N3O2S. The van der Waals surface area contributed by atoms with E-state index in [4.69, 9.17) is 27.9 Å². The molecule has 1 aliphatic heterocycles. The molecule has 8 heteroatoms. The number of halogens is 2. The molecule has 1 amide bonds. The number of rotatable bonds is 3. The van der Waals surface area contributed by atoms with Crippen molar-refractivity contribution in [1.29, 1.82) is 0 Å². The molecule has 0 spiro atoms. The Balaban J connectivity index is 1.84. The summed E-state index contributed by atoms with van der Waals surface area (Å²) in [6.45, 7) is 2.38. The average molecular weight is 408 g/mol. The predicted octanol–water partition coefficient (Wildman–Crippen LogP) is 4.91. The first kappa shape index (κ1) is 17.5. The van der Waals surface area contributed by atoms with Crippen molar-refractivity contribution < 1.29 is 9.53 Å². The number of hydrogen-bond donors (Lipinski definition) is 2. The highest BCUT2D eigenvalue weighted by atomic mass is 35.5. The summed E-state index contributed by atoms with van der Waals surface area (Å²) in [7, 11) is 1.65. The third-order valence-corrected chi connectivity index (χ3v) is 6.04. The third-order valence-electron chi connectivity index (χ3n) is 4.22. The Morgan fingerprint density at radius 1 is 1.23 bits per heavy atom. The van der Waals surface area contributed by atoms with E-state index in [0.29, 0.717) is 21.5 Å². The van der Waals surface area contributed by atoms with Crippen LogP contribution < -0.4 is 10.6 Å². The monoisotopic (exact) mass is 407 g/mol. The fourth-order valence-electron chi connectivity index (χ4n) is 3.12. The van der Waals surface area contributed by atoms with Crippen LogP contribution in [0.5, 0.6) is 0 Å². The van der Waals surface area contributed by atoms with E-state index in [1.54, 1.807) is 19.2 Å². The van der Waals surface area contributed by atoms with E-state index in [1.807, 2.05) is 19.1 Å². The standard InChI is InChI=1S/C18H15Cl2N3O2S/c1-8-5-10(7-25-2)13-14-15(26-18(13)21-8)17(24)23-16(22-14)9-3-4-11(19)12(20)6-9/h3-6,16,22H,7H2,1-2H3,(H,23,24)/t16-/m0/s1. The summed E-state index contributed by atoms with van der Waals surface area (Å²) in [6, 6.07) is 7.29. The van der Waals surface area contributed by atoms with Gasteiger partial charge in [0.25, 0.3) is 5.91 Å². The Morgan fingerprint density at radius 2 is 2.04 bits per heavy atom. The van der Waals surface area contributed by atoms with Crippen molar-refractivity contribution >= 4 is 56.3 Å². The second-order valence-electron chi connectivity index (χ2n) is 6.07. The Morgan fingerprint density at radius 3 is 2.77 bits per heavy atom. The quantitative estimate of drug-likeness (QED) is 0.646. The molecule has 0 radical (unpaired) electrons. The largest absolute Gasteiger partial charge is 0.380 e. The van der Waals surface area contributed by atoms with Crippen molar-refractivity contribution in [2.75, 3.05) is 12.4 Å². The molecule has 1 aromatic carbocycles. The summed E-state index contributed by atoms with van der Waals surface area (Å²) < 4.78 is 5.34. The van der Waals surface area contributed by atoms with Gasteiger partial charge in [-0.2, -0.15) is 0 Å². The van der Waals surface area contributed by atoms with Crippen molar-refractivity contribution in [1.82, 2.24) is 10.3 Å². The van der Waals surface area contributed by atoms with Crippen LogP contribution in [-0.2, 0) is 11.3 Å². The molecule has 0 bridgehead atoms. The van der Waals surface area contributed by atoms with E-state index >= 15 is 0 Å². The second kappa shape index (κ2) is 6.70. The minimum absolute atomic E-state index is 0.140. The lowest BCUT2D eigenvalue weighted by Crippen LogP contribution is -2.37. The van der Waals surface area contributed by atoms with Crippen LogP contribution in [-0.4, -0.2) is 18.0 Å². The molecule has 3 aromatic rings. The maximum atomic E-state index is 12.7. The number of anilines is 1. The molecule has 2 N–H and O–H groups in total. The number of amides is 1. The van der Waals surface area contributed by atoms with Crippen LogP contribution in [0.25, 0.3) is 10.2 Å². The molecular weight excluding hydrogens is 393 g/mol. The number of ether oxygens (including phenoxy) is 1. The minimum Gasteiger partial charge on any atom is -0.380 e. The number of methoxy groups -OCH3 is 1. The van der Waals surface area contributed by atoms with Crippen LogP contribution in [0.15, 0.2) is 24.3 Å². The lowest BCUT2D eigenvalue weighted by molar-refractivity contribution is 0.0940. The van der Waals surface area contributed by atoms with E-state index in [1.165, 1.54) is 11.3 Å². The molecule has 134 valence electrons. The van der Waals surface area contributed by atoms with Gasteiger partial charge < -0.3 is 15.4 Å². The van der Waals surface area contributed by atoms with Gasteiger partial charge in [-0.15, -0.1) is 11.3 Å². The van der Waals surface area contributed by atoms with Gasteiger partial charge in [0.2, 0.25) is 0 Å². The van der Waals surface area contributed by atoms with Gasteiger partial charge in [0.1, 0.15) is 15.9 Å². The molecule has 0 saturated carbocycles. The highest BCUT2D eigenvalue weighted by molar-refractivity contribution is 7.21. The molecule has 3 heterocycles. The highest BCUT2D eigenvalue weighted by Crippen LogP contribution is 2.41. The number of thiophene rings is 1. The van der Waals surface area contributed by atoms with Crippen LogP contribution in [0.1, 0.15) is 32.7 Å². The topological polar surface area (TPSA) is 63.2 Å². The van der Waals surface area contributed by atoms with Crippen molar-refractivity contribution in [2.24, 2.45) is 0 Å². The number of nitrogens with zero attached hydrogens (tertiary/aromatic N) is 1. The first-order valence-electron chi connectivity index (χ1n) is 7.92. The van der Waals surface area contributed by atoms with Gasteiger partial charge in [-0.25, -0.2) is 4.98 Å². The first-order valence-corrected chi connectivity index (χ1v) is 9.49. The molecule has 26 heavy (non-hydrogen) atoms. The molecule has 2 aromatic heterocycles. The van der Waals surface area contributed by atoms with Gasteiger partial charge in [-0.05, 0) is 36.2 Å². The zero-order valence-electron chi connectivity index (χ0n) is 14.0. The number of fused-ring (bicyclic) bond motifs is 3. The lowest BCUT2D eigenvalue weighted by Gasteiger charge is -2.27. The first-order chi connectivity index (χ1) is 12.5. The van der Waals surface area contributed by atoms with Crippen LogP contribution in [0.2, 0.25) is 10.0 Å². The fourth-order valence-corrected chi connectivity index (χ4v) is 4.55. The van der Waals surface area contributed by atoms with Gasteiger partial charge in [0, 0.05) is 18.2 Å². The maximum Gasteiger partial charge on any atom is 0.265 e. The van der Waals surface area contributed by atoms with Crippen LogP contribution in [0.3, 0.4) is 0 Å². The minimum atomic E-state index is -0.403. The Hall–Kier alpha value is -1.86. The predicted molar refractivity (Wildman–Crippen MR) is 105 cm³/mol. The number of aromatic nitrogens is 1. The smallest absolute Gasteiger partial charge is 0.265 e. The molecule has 0 saturated heterocycles. The van der Waals surface area contributed by atoms with Crippen molar-refractivity contribution in [3.8, 4) is 0 Å². The summed E-state index contributed by atoms with van der Waals surface area (Å²) in [5, 5.41) is 8.22. The molecule has 0 fully saturated rings. The summed E-state index contributed by atoms with van der Waals surface area (Å²) in [6.07, 6.45) is -0.403. The van der Waals surface area contributed by atoms with Gasteiger partial charge in [0.15, 0.2) is 0 Å².